The van der Waals surface area contributed by atoms with Crippen molar-refractivity contribution < 1.29 is 4.79 Å². The number of amides is 1. The second kappa shape index (κ2) is 10.0. The van der Waals surface area contributed by atoms with E-state index in [1.807, 2.05) is 54.6 Å². The molecule has 2 heterocycles. The van der Waals surface area contributed by atoms with Crippen molar-refractivity contribution in [1.29, 1.82) is 5.26 Å². The zero-order valence-corrected chi connectivity index (χ0v) is 17.6. The van der Waals surface area contributed by atoms with E-state index in [4.69, 9.17) is 9.97 Å². The molecule has 1 aromatic heterocycles. The van der Waals surface area contributed by atoms with Crippen LogP contribution in [-0.4, -0.2) is 35.5 Å². The maximum absolute atomic E-state index is 13.0. The number of fused-ring (bicyclic) bond motifs is 1. The lowest BCUT2D eigenvalue weighted by atomic mass is 10.0. The van der Waals surface area contributed by atoms with Gasteiger partial charge in [0.05, 0.1) is 17.1 Å². The minimum atomic E-state index is -0.994. The van der Waals surface area contributed by atoms with Crippen LogP contribution in [0.4, 0.5) is 5.82 Å². The SMILES string of the molecule is N#CC(C(=O)NCCc1ccccc1)c1nc2ccccc2nc1N1CCCCCC1. The van der Waals surface area contributed by atoms with Crippen LogP contribution < -0.4 is 10.2 Å². The lowest BCUT2D eigenvalue weighted by Crippen LogP contribution is -2.33. The summed E-state index contributed by atoms with van der Waals surface area (Å²) in [5.41, 5.74) is 3.09. The van der Waals surface area contributed by atoms with Crippen molar-refractivity contribution in [2.75, 3.05) is 24.5 Å². The molecule has 4 rings (SSSR count). The number of nitrogens with zero attached hydrogens (tertiary/aromatic N) is 4. The van der Waals surface area contributed by atoms with Gasteiger partial charge in [-0.2, -0.15) is 5.26 Å². The molecule has 1 atom stereocenters. The van der Waals surface area contributed by atoms with Gasteiger partial charge in [0.1, 0.15) is 5.69 Å². The van der Waals surface area contributed by atoms with Gasteiger partial charge in [0.15, 0.2) is 11.7 Å². The fourth-order valence-electron chi connectivity index (χ4n) is 4.03. The van der Waals surface area contributed by atoms with Crippen molar-refractivity contribution in [1.82, 2.24) is 15.3 Å². The van der Waals surface area contributed by atoms with Gasteiger partial charge in [-0.1, -0.05) is 55.3 Å². The van der Waals surface area contributed by atoms with Crippen LogP contribution in [-0.2, 0) is 11.2 Å². The number of rotatable bonds is 6. The van der Waals surface area contributed by atoms with Crippen molar-refractivity contribution in [3.8, 4) is 6.07 Å². The van der Waals surface area contributed by atoms with E-state index in [0.717, 1.165) is 37.0 Å². The van der Waals surface area contributed by atoms with Crippen LogP contribution >= 0.6 is 0 Å². The highest BCUT2D eigenvalue weighted by Gasteiger charge is 2.28. The summed E-state index contributed by atoms with van der Waals surface area (Å²) in [7, 11) is 0. The van der Waals surface area contributed by atoms with E-state index in [1.54, 1.807) is 0 Å². The Hall–Kier alpha value is -3.46. The average molecular weight is 414 g/mol. The summed E-state index contributed by atoms with van der Waals surface area (Å²) < 4.78 is 0. The van der Waals surface area contributed by atoms with Crippen molar-refractivity contribution in [2.45, 2.75) is 38.0 Å². The van der Waals surface area contributed by atoms with Gasteiger partial charge < -0.3 is 10.2 Å². The van der Waals surface area contributed by atoms with Crippen molar-refractivity contribution in [3.05, 3.63) is 65.9 Å². The molecule has 0 radical (unpaired) electrons. The van der Waals surface area contributed by atoms with Gasteiger partial charge in [0.2, 0.25) is 5.91 Å². The van der Waals surface area contributed by atoms with Gasteiger partial charge in [0, 0.05) is 19.6 Å². The largest absolute Gasteiger partial charge is 0.355 e. The molecule has 1 saturated heterocycles. The Morgan fingerprint density at radius 1 is 0.968 bits per heavy atom. The Balaban J connectivity index is 1.60. The van der Waals surface area contributed by atoms with Gasteiger partial charge in [-0.25, -0.2) is 9.97 Å². The summed E-state index contributed by atoms with van der Waals surface area (Å²) in [4.78, 5) is 24.8. The zero-order valence-electron chi connectivity index (χ0n) is 17.6. The minimum Gasteiger partial charge on any atom is -0.355 e. The molecule has 1 amide bonds. The monoisotopic (exact) mass is 413 g/mol. The first-order valence-corrected chi connectivity index (χ1v) is 11.0. The molecule has 1 N–H and O–H groups in total. The first kappa shape index (κ1) is 20.8. The second-order valence-electron chi connectivity index (χ2n) is 7.91. The standard InChI is InChI=1S/C25H27N5O/c26-18-20(25(31)27-15-14-19-10-4-3-5-11-19)23-24(30-16-8-1-2-9-17-30)29-22-13-7-6-12-21(22)28-23/h3-7,10-13,20H,1-2,8-9,14-17H2,(H,27,31). The molecule has 3 aromatic rings. The molecule has 6 heteroatoms. The highest BCUT2D eigenvalue weighted by Crippen LogP contribution is 2.29. The Labute approximate surface area is 182 Å². The summed E-state index contributed by atoms with van der Waals surface area (Å²) >= 11 is 0. The number of benzene rings is 2. The molecule has 0 saturated carbocycles. The van der Waals surface area contributed by atoms with Crippen molar-refractivity contribution in [2.24, 2.45) is 0 Å². The summed E-state index contributed by atoms with van der Waals surface area (Å²) in [6.45, 7) is 2.21. The zero-order chi connectivity index (χ0) is 21.5. The summed E-state index contributed by atoms with van der Waals surface area (Å²) in [6.07, 6.45) is 5.25. The number of nitrogens with one attached hydrogen (secondary N) is 1. The van der Waals surface area contributed by atoms with Crippen LogP contribution in [0, 0.1) is 11.3 Å². The van der Waals surface area contributed by atoms with Crippen LogP contribution in [0.5, 0.6) is 0 Å². The van der Waals surface area contributed by atoms with Gasteiger partial charge >= 0.3 is 0 Å². The summed E-state index contributed by atoms with van der Waals surface area (Å²) in [6, 6.07) is 19.8. The highest BCUT2D eigenvalue weighted by molar-refractivity contribution is 5.88. The van der Waals surface area contributed by atoms with Gasteiger partial charge in [-0.05, 0) is 37.0 Å². The number of carbonyl (C=O) groups is 1. The number of para-hydroxylation sites is 2. The lowest BCUT2D eigenvalue weighted by molar-refractivity contribution is -0.121. The van der Waals surface area contributed by atoms with E-state index in [0.29, 0.717) is 30.0 Å². The van der Waals surface area contributed by atoms with E-state index in [-0.39, 0.29) is 5.91 Å². The number of anilines is 1. The molecule has 1 aliphatic rings. The molecule has 31 heavy (non-hydrogen) atoms. The van der Waals surface area contributed by atoms with E-state index < -0.39 is 5.92 Å². The third-order valence-corrected chi connectivity index (χ3v) is 5.70. The van der Waals surface area contributed by atoms with Crippen LogP contribution in [0.1, 0.15) is 42.9 Å². The van der Waals surface area contributed by atoms with Gasteiger partial charge in [0.25, 0.3) is 0 Å². The van der Waals surface area contributed by atoms with Crippen LogP contribution in [0.2, 0.25) is 0 Å². The molecule has 1 aliphatic heterocycles. The fourth-order valence-corrected chi connectivity index (χ4v) is 4.03. The molecular weight excluding hydrogens is 386 g/mol. The smallest absolute Gasteiger partial charge is 0.243 e. The molecule has 0 aliphatic carbocycles. The molecular formula is C25H27N5O. The first-order valence-electron chi connectivity index (χ1n) is 11.0. The van der Waals surface area contributed by atoms with Crippen LogP contribution in [0.15, 0.2) is 54.6 Å². The number of hydrogen-bond donors (Lipinski definition) is 1. The van der Waals surface area contributed by atoms with Crippen LogP contribution in [0.25, 0.3) is 11.0 Å². The third-order valence-electron chi connectivity index (χ3n) is 5.70. The second-order valence-corrected chi connectivity index (χ2v) is 7.91. The quantitative estimate of drug-likeness (QED) is 0.661. The maximum Gasteiger partial charge on any atom is 0.243 e. The minimum absolute atomic E-state index is 0.320. The third kappa shape index (κ3) is 5.00. The van der Waals surface area contributed by atoms with E-state index in [9.17, 15) is 10.1 Å². The predicted octanol–water partition coefficient (Wildman–Crippen LogP) is 3.98. The molecule has 0 spiro atoms. The topological polar surface area (TPSA) is 81.9 Å². The van der Waals surface area contributed by atoms with Gasteiger partial charge in [-0.15, -0.1) is 0 Å². The summed E-state index contributed by atoms with van der Waals surface area (Å²) in [5.74, 6) is -0.643. The normalized spacial score (nSPS) is 15.1. The summed E-state index contributed by atoms with van der Waals surface area (Å²) in [5, 5.41) is 12.8. The predicted molar refractivity (Wildman–Crippen MR) is 122 cm³/mol. The molecule has 2 aromatic carbocycles. The molecule has 1 fully saturated rings. The Kier molecular flexibility index (Phi) is 6.73. The highest BCUT2D eigenvalue weighted by atomic mass is 16.1. The number of hydrogen-bond acceptors (Lipinski definition) is 5. The fraction of sp³-hybridized carbons (Fsp3) is 0.360. The molecule has 6 nitrogen and oxygen atoms in total. The Morgan fingerprint density at radius 3 is 2.29 bits per heavy atom. The van der Waals surface area contributed by atoms with Crippen molar-refractivity contribution >= 4 is 22.8 Å². The van der Waals surface area contributed by atoms with Crippen molar-refractivity contribution in [3.63, 3.8) is 0 Å². The Morgan fingerprint density at radius 2 is 1.61 bits per heavy atom. The maximum atomic E-state index is 13.0. The number of nitriles is 1. The average Bonchev–Trinajstić information content (AvgIpc) is 3.09. The first-order chi connectivity index (χ1) is 15.3. The Bertz CT molecular complexity index is 1070. The molecule has 0 bridgehead atoms. The van der Waals surface area contributed by atoms with E-state index >= 15 is 0 Å². The molecule has 1 unspecified atom stereocenters. The number of aromatic nitrogens is 2. The number of carbonyl (C=O) groups excluding carboxylic acids is 1. The van der Waals surface area contributed by atoms with Gasteiger partial charge in [-0.3, -0.25) is 4.79 Å². The molecule has 158 valence electrons. The van der Waals surface area contributed by atoms with Crippen LogP contribution in [0.3, 0.4) is 0 Å². The lowest BCUT2D eigenvalue weighted by Gasteiger charge is -2.25. The van der Waals surface area contributed by atoms with E-state index in [1.165, 1.54) is 12.8 Å². The van der Waals surface area contributed by atoms with E-state index in [2.05, 4.69) is 16.3 Å².